The Bertz CT molecular complexity index is 554. The van der Waals surface area contributed by atoms with E-state index in [1.807, 2.05) is 4.90 Å². The standard InChI is InChI=1S/C15H20N2O3/c18-13-5-1-3-11(13)12-4-2-8-17(12)15(20)10-6-7-16-14(19)9-10/h6-7,9,11-13,18H,1-5,8H2,(H,16,19). The van der Waals surface area contributed by atoms with Crippen LogP contribution in [0.1, 0.15) is 42.5 Å². The number of hydrogen-bond donors (Lipinski definition) is 2. The molecule has 5 heteroatoms. The fourth-order valence-electron chi connectivity index (χ4n) is 3.65. The van der Waals surface area contributed by atoms with Crippen molar-refractivity contribution < 1.29 is 9.90 Å². The van der Waals surface area contributed by atoms with Crippen LogP contribution in [0.25, 0.3) is 0 Å². The summed E-state index contributed by atoms with van der Waals surface area (Å²) in [5.41, 5.74) is 0.181. The zero-order chi connectivity index (χ0) is 14.1. The second-order valence-electron chi connectivity index (χ2n) is 5.81. The fraction of sp³-hybridized carbons (Fsp3) is 0.600. The van der Waals surface area contributed by atoms with Crippen LogP contribution in [0.5, 0.6) is 0 Å². The summed E-state index contributed by atoms with van der Waals surface area (Å²) in [5.74, 6) is 0.112. The number of carbonyl (C=O) groups is 1. The van der Waals surface area contributed by atoms with Gasteiger partial charge in [-0.1, -0.05) is 6.42 Å². The molecule has 2 heterocycles. The summed E-state index contributed by atoms with van der Waals surface area (Å²) in [6.07, 6.45) is 6.02. The maximum Gasteiger partial charge on any atom is 0.254 e. The van der Waals surface area contributed by atoms with Crippen LogP contribution in [0.15, 0.2) is 23.1 Å². The number of rotatable bonds is 2. The number of amides is 1. The maximum atomic E-state index is 12.6. The second kappa shape index (κ2) is 5.40. The molecule has 5 nitrogen and oxygen atoms in total. The maximum absolute atomic E-state index is 12.6. The van der Waals surface area contributed by atoms with Crippen molar-refractivity contribution in [2.75, 3.05) is 6.54 Å². The van der Waals surface area contributed by atoms with Crippen molar-refractivity contribution in [1.29, 1.82) is 0 Å². The summed E-state index contributed by atoms with van der Waals surface area (Å²) in [6.45, 7) is 0.722. The molecule has 3 unspecified atom stereocenters. The number of nitrogens with one attached hydrogen (secondary N) is 1. The average Bonchev–Trinajstić information content (AvgIpc) is 3.06. The third-order valence-corrected chi connectivity index (χ3v) is 4.61. The number of H-pyrrole nitrogens is 1. The van der Waals surface area contributed by atoms with Gasteiger partial charge in [0.1, 0.15) is 0 Å². The molecular formula is C15H20N2O3. The number of aliphatic hydroxyl groups excluding tert-OH is 1. The predicted octanol–water partition coefficient (Wildman–Crippen LogP) is 1.14. The molecule has 1 aromatic heterocycles. The molecule has 2 fully saturated rings. The summed E-state index contributed by atoms with van der Waals surface area (Å²) >= 11 is 0. The minimum absolute atomic E-state index is 0.0855. The lowest BCUT2D eigenvalue weighted by molar-refractivity contribution is 0.0527. The normalized spacial score (nSPS) is 29.9. The molecule has 1 aliphatic carbocycles. The van der Waals surface area contributed by atoms with Gasteiger partial charge in [0, 0.05) is 36.3 Å². The lowest BCUT2D eigenvalue weighted by Crippen LogP contribution is -2.42. The molecule has 1 saturated carbocycles. The van der Waals surface area contributed by atoms with Gasteiger partial charge in [-0.3, -0.25) is 9.59 Å². The van der Waals surface area contributed by atoms with Crippen LogP contribution in [0.4, 0.5) is 0 Å². The van der Waals surface area contributed by atoms with E-state index in [2.05, 4.69) is 4.98 Å². The van der Waals surface area contributed by atoms with E-state index < -0.39 is 0 Å². The van der Waals surface area contributed by atoms with Crippen LogP contribution in [0.2, 0.25) is 0 Å². The lowest BCUT2D eigenvalue weighted by atomic mass is 9.93. The van der Waals surface area contributed by atoms with E-state index >= 15 is 0 Å². The second-order valence-corrected chi connectivity index (χ2v) is 5.81. The highest BCUT2D eigenvalue weighted by atomic mass is 16.3. The summed E-state index contributed by atoms with van der Waals surface area (Å²) in [7, 11) is 0. The van der Waals surface area contributed by atoms with Crippen molar-refractivity contribution in [2.24, 2.45) is 5.92 Å². The van der Waals surface area contributed by atoms with Gasteiger partial charge in [0.2, 0.25) is 5.56 Å². The SMILES string of the molecule is O=C(c1cc[nH]c(=O)c1)N1CCCC1C1CCCC1O. The van der Waals surface area contributed by atoms with Crippen molar-refractivity contribution in [3.8, 4) is 0 Å². The lowest BCUT2D eigenvalue weighted by Gasteiger charge is -2.31. The molecule has 3 rings (SSSR count). The van der Waals surface area contributed by atoms with Gasteiger partial charge in [-0.15, -0.1) is 0 Å². The van der Waals surface area contributed by atoms with Gasteiger partial charge in [0.15, 0.2) is 0 Å². The van der Waals surface area contributed by atoms with Crippen LogP contribution < -0.4 is 5.56 Å². The summed E-state index contributed by atoms with van der Waals surface area (Å²) in [6, 6.07) is 3.12. The number of aromatic amines is 1. The van der Waals surface area contributed by atoms with E-state index in [-0.39, 0.29) is 29.5 Å². The van der Waals surface area contributed by atoms with E-state index in [1.165, 1.54) is 12.3 Å². The molecule has 0 bridgehead atoms. The summed E-state index contributed by atoms with van der Waals surface area (Å²) < 4.78 is 0. The van der Waals surface area contributed by atoms with Crippen LogP contribution in [-0.4, -0.2) is 39.6 Å². The van der Waals surface area contributed by atoms with Gasteiger partial charge in [-0.05, 0) is 31.7 Å². The highest BCUT2D eigenvalue weighted by molar-refractivity contribution is 5.94. The molecule has 3 atom stereocenters. The van der Waals surface area contributed by atoms with E-state index in [1.54, 1.807) is 6.07 Å². The van der Waals surface area contributed by atoms with E-state index in [4.69, 9.17) is 0 Å². The molecular weight excluding hydrogens is 256 g/mol. The zero-order valence-electron chi connectivity index (χ0n) is 11.4. The Morgan fingerprint density at radius 3 is 2.85 bits per heavy atom. The number of carbonyl (C=O) groups excluding carboxylic acids is 1. The molecule has 2 aliphatic rings. The monoisotopic (exact) mass is 276 g/mol. The Morgan fingerprint density at radius 2 is 2.15 bits per heavy atom. The molecule has 1 amide bonds. The van der Waals surface area contributed by atoms with Gasteiger partial charge in [0.25, 0.3) is 5.91 Å². The number of aliphatic hydroxyl groups is 1. The molecule has 0 spiro atoms. The number of nitrogens with zero attached hydrogens (tertiary/aromatic N) is 1. The molecule has 20 heavy (non-hydrogen) atoms. The Labute approximate surface area is 117 Å². The molecule has 0 radical (unpaired) electrons. The van der Waals surface area contributed by atoms with E-state index in [9.17, 15) is 14.7 Å². The predicted molar refractivity (Wildman–Crippen MR) is 74.5 cm³/mol. The summed E-state index contributed by atoms with van der Waals surface area (Å²) in [5, 5.41) is 10.1. The first kappa shape index (κ1) is 13.4. The molecule has 0 aromatic carbocycles. The topological polar surface area (TPSA) is 73.4 Å². The Kier molecular flexibility index (Phi) is 3.61. The minimum atomic E-state index is -0.285. The first-order valence-corrected chi connectivity index (χ1v) is 7.34. The largest absolute Gasteiger partial charge is 0.393 e. The Morgan fingerprint density at radius 1 is 1.30 bits per heavy atom. The summed E-state index contributed by atoms with van der Waals surface area (Å²) in [4.78, 5) is 28.3. The quantitative estimate of drug-likeness (QED) is 0.850. The smallest absolute Gasteiger partial charge is 0.254 e. The molecule has 108 valence electrons. The fourth-order valence-corrected chi connectivity index (χ4v) is 3.65. The Balaban J connectivity index is 1.81. The third-order valence-electron chi connectivity index (χ3n) is 4.61. The Hall–Kier alpha value is -1.62. The van der Waals surface area contributed by atoms with Gasteiger partial charge >= 0.3 is 0 Å². The van der Waals surface area contributed by atoms with Crippen LogP contribution in [0.3, 0.4) is 0 Å². The highest BCUT2D eigenvalue weighted by Crippen LogP contribution is 2.36. The first-order valence-electron chi connectivity index (χ1n) is 7.34. The van der Waals surface area contributed by atoms with Crippen molar-refractivity contribution in [2.45, 2.75) is 44.2 Å². The van der Waals surface area contributed by atoms with E-state index in [0.29, 0.717) is 5.56 Å². The first-order chi connectivity index (χ1) is 9.66. The molecule has 1 saturated heterocycles. The molecule has 1 aromatic rings. The van der Waals surface area contributed by atoms with Gasteiger partial charge in [0.05, 0.1) is 6.10 Å². The van der Waals surface area contributed by atoms with Gasteiger partial charge in [-0.2, -0.15) is 0 Å². The number of hydrogen-bond acceptors (Lipinski definition) is 3. The van der Waals surface area contributed by atoms with E-state index in [0.717, 1.165) is 38.6 Å². The van der Waals surface area contributed by atoms with Crippen LogP contribution in [-0.2, 0) is 0 Å². The van der Waals surface area contributed by atoms with Gasteiger partial charge < -0.3 is 15.0 Å². The van der Waals surface area contributed by atoms with Crippen LogP contribution in [0, 0.1) is 5.92 Å². The van der Waals surface area contributed by atoms with Crippen molar-refractivity contribution in [3.63, 3.8) is 0 Å². The molecule has 1 aliphatic heterocycles. The average molecular weight is 276 g/mol. The zero-order valence-corrected chi connectivity index (χ0v) is 11.4. The van der Waals surface area contributed by atoms with Crippen molar-refractivity contribution in [1.82, 2.24) is 9.88 Å². The molecule has 2 N–H and O–H groups in total. The third kappa shape index (κ3) is 2.38. The van der Waals surface area contributed by atoms with Crippen molar-refractivity contribution in [3.05, 3.63) is 34.2 Å². The number of pyridine rings is 1. The number of aromatic nitrogens is 1. The van der Waals surface area contributed by atoms with Gasteiger partial charge in [-0.25, -0.2) is 0 Å². The van der Waals surface area contributed by atoms with Crippen LogP contribution >= 0.6 is 0 Å². The highest BCUT2D eigenvalue weighted by Gasteiger charge is 2.40. The van der Waals surface area contributed by atoms with Crippen molar-refractivity contribution >= 4 is 5.91 Å². The number of likely N-dealkylation sites (tertiary alicyclic amines) is 1. The minimum Gasteiger partial charge on any atom is -0.393 e.